The second-order valence-electron chi connectivity index (χ2n) is 7.70. The van der Waals surface area contributed by atoms with E-state index in [1.807, 2.05) is 11.9 Å². The molecule has 6 nitrogen and oxygen atoms in total. The molecular formula is C22H29N3O3S. The Morgan fingerprint density at radius 2 is 1.66 bits per heavy atom. The van der Waals surface area contributed by atoms with Crippen molar-refractivity contribution in [2.24, 2.45) is 0 Å². The lowest BCUT2D eigenvalue weighted by molar-refractivity contribution is -0.133. The molecule has 7 heteroatoms. The normalized spacial score (nSPS) is 15.7. The Morgan fingerprint density at radius 3 is 2.28 bits per heavy atom. The quantitative estimate of drug-likeness (QED) is 0.726. The van der Waals surface area contributed by atoms with E-state index >= 15 is 0 Å². The molecule has 0 radical (unpaired) electrons. The van der Waals surface area contributed by atoms with Crippen LogP contribution in [0.2, 0.25) is 0 Å². The van der Waals surface area contributed by atoms with Gasteiger partial charge in [-0.15, -0.1) is 0 Å². The van der Waals surface area contributed by atoms with E-state index in [2.05, 4.69) is 32.0 Å². The zero-order valence-corrected chi connectivity index (χ0v) is 18.2. The van der Waals surface area contributed by atoms with Crippen LogP contribution in [-0.4, -0.2) is 68.2 Å². The predicted molar refractivity (Wildman–Crippen MR) is 114 cm³/mol. The molecule has 1 amide bonds. The van der Waals surface area contributed by atoms with Crippen LogP contribution < -0.4 is 0 Å². The monoisotopic (exact) mass is 415 g/mol. The van der Waals surface area contributed by atoms with E-state index in [1.165, 1.54) is 21.0 Å². The first kappa shape index (κ1) is 21.5. The first-order chi connectivity index (χ1) is 13.8. The van der Waals surface area contributed by atoms with Crippen molar-refractivity contribution < 1.29 is 13.2 Å². The van der Waals surface area contributed by atoms with Crippen LogP contribution in [0, 0.1) is 13.8 Å². The number of likely N-dealkylation sites (N-methyl/N-ethyl adjacent to an activating group) is 1. The minimum Gasteiger partial charge on any atom is -0.339 e. The highest BCUT2D eigenvalue weighted by atomic mass is 32.2. The summed E-state index contributed by atoms with van der Waals surface area (Å²) >= 11 is 0. The molecule has 0 unspecified atom stereocenters. The van der Waals surface area contributed by atoms with Crippen LogP contribution in [0.15, 0.2) is 53.4 Å². The number of benzene rings is 2. The van der Waals surface area contributed by atoms with Crippen LogP contribution in [0.25, 0.3) is 0 Å². The van der Waals surface area contributed by atoms with Crippen LogP contribution in [0.3, 0.4) is 0 Å². The lowest BCUT2D eigenvalue weighted by Crippen LogP contribution is -2.52. The molecule has 1 heterocycles. The van der Waals surface area contributed by atoms with E-state index in [0.29, 0.717) is 44.2 Å². The maximum atomic E-state index is 12.7. The fraction of sp³-hybridized carbons (Fsp3) is 0.409. The van der Waals surface area contributed by atoms with E-state index in [9.17, 15) is 13.2 Å². The molecule has 2 aromatic rings. The zero-order chi connectivity index (χ0) is 21.0. The average Bonchev–Trinajstić information content (AvgIpc) is 2.71. The van der Waals surface area contributed by atoms with Crippen LogP contribution in [0.4, 0.5) is 0 Å². The number of rotatable bonds is 6. The Morgan fingerprint density at radius 1 is 1.00 bits per heavy atom. The summed E-state index contributed by atoms with van der Waals surface area (Å²) in [4.78, 5) is 16.7. The summed E-state index contributed by atoms with van der Waals surface area (Å²) in [6.07, 6.45) is 0. The van der Waals surface area contributed by atoms with Gasteiger partial charge in [-0.1, -0.05) is 42.0 Å². The third kappa shape index (κ3) is 5.23. The van der Waals surface area contributed by atoms with Gasteiger partial charge < -0.3 is 4.90 Å². The molecule has 29 heavy (non-hydrogen) atoms. The van der Waals surface area contributed by atoms with Crippen molar-refractivity contribution in [3.05, 3.63) is 65.2 Å². The van der Waals surface area contributed by atoms with E-state index in [-0.39, 0.29) is 5.91 Å². The van der Waals surface area contributed by atoms with Gasteiger partial charge in [-0.25, -0.2) is 8.42 Å². The Bertz CT molecular complexity index is 953. The van der Waals surface area contributed by atoms with Gasteiger partial charge in [-0.3, -0.25) is 9.69 Å². The molecular weight excluding hydrogens is 386 g/mol. The van der Waals surface area contributed by atoms with Gasteiger partial charge in [0.1, 0.15) is 0 Å². The summed E-state index contributed by atoms with van der Waals surface area (Å²) in [5.41, 5.74) is 3.67. The average molecular weight is 416 g/mol. The van der Waals surface area contributed by atoms with Crippen LogP contribution >= 0.6 is 0 Å². The van der Waals surface area contributed by atoms with Gasteiger partial charge in [0, 0.05) is 32.7 Å². The van der Waals surface area contributed by atoms with Crippen LogP contribution in [-0.2, 0) is 21.4 Å². The molecule has 0 aromatic heterocycles. The molecule has 2 aromatic carbocycles. The van der Waals surface area contributed by atoms with Gasteiger partial charge in [0.15, 0.2) is 0 Å². The predicted octanol–water partition coefficient (Wildman–Crippen LogP) is 2.27. The minimum atomic E-state index is -3.50. The van der Waals surface area contributed by atoms with Gasteiger partial charge in [0.05, 0.1) is 11.4 Å². The van der Waals surface area contributed by atoms with E-state index < -0.39 is 10.0 Å². The van der Waals surface area contributed by atoms with Gasteiger partial charge in [-0.2, -0.15) is 4.31 Å². The highest BCUT2D eigenvalue weighted by Crippen LogP contribution is 2.17. The molecule has 0 N–H and O–H groups in total. The Hall–Kier alpha value is -2.22. The molecule has 1 fully saturated rings. The second-order valence-corrected chi connectivity index (χ2v) is 9.64. The molecule has 0 bridgehead atoms. The fourth-order valence-electron chi connectivity index (χ4n) is 3.62. The molecule has 0 saturated carbocycles. The number of carbonyl (C=O) groups excluding carboxylic acids is 1. The molecule has 1 saturated heterocycles. The summed E-state index contributed by atoms with van der Waals surface area (Å²) in [6.45, 7) is 6.67. The van der Waals surface area contributed by atoms with Gasteiger partial charge in [-0.05, 0) is 44.2 Å². The number of nitrogens with zero attached hydrogens (tertiary/aromatic N) is 3. The first-order valence-corrected chi connectivity index (χ1v) is 11.3. The standard InChI is InChI=1S/C22H29N3O3S/c1-18-9-10-20(19(2)15-18)16-23(3)17-22(26)24-11-13-25(14-12-24)29(27,28)21-7-5-4-6-8-21/h4-10,15H,11-14,16-17H2,1-3H3. The largest absolute Gasteiger partial charge is 0.339 e. The summed E-state index contributed by atoms with van der Waals surface area (Å²) in [5, 5.41) is 0. The molecule has 1 aliphatic rings. The number of sulfonamides is 1. The van der Waals surface area contributed by atoms with Gasteiger partial charge in [0.25, 0.3) is 0 Å². The third-order valence-electron chi connectivity index (χ3n) is 5.32. The fourth-order valence-corrected chi connectivity index (χ4v) is 5.06. The third-order valence-corrected chi connectivity index (χ3v) is 7.23. The van der Waals surface area contributed by atoms with Crippen molar-refractivity contribution in [1.29, 1.82) is 0 Å². The van der Waals surface area contributed by atoms with Gasteiger partial charge >= 0.3 is 0 Å². The number of carbonyl (C=O) groups is 1. The maximum absolute atomic E-state index is 12.7. The second kappa shape index (κ2) is 9.07. The smallest absolute Gasteiger partial charge is 0.243 e. The number of piperazine rings is 1. The van der Waals surface area contributed by atoms with Crippen molar-refractivity contribution in [2.45, 2.75) is 25.3 Å². The van der Waals surface area contributed by atoms with Crippen molar-refractivity contribution in [1.82, 2.24) is 14.1 Å². The van der Waals surface area contributed by atoms with Crippen molar-refractivity contribution in [3.8, 4) is 0 Å². The van der Waals surface area contributed by atoms with Gasteiger partial charge in [0.2, 0.25) is 15.9 Å². The lowest BCUT2D eigenvalue weighted by Gasteiger charge is -2.34. The van der Waals surface area contributed by atoms with Crippen LogP contribution in [0.1, 0.15) is 16.7 Å². The zero-order valence-electron chi connectivity index (χ0n) is 17.3. The van der Waals surface area contributed by atoms with E-state index in [0.717, 1.165) is 0 Å². The molecule has 3 rings (SSSR count). The molecule has 0 atom stereocenters. The molecule has 0 aliphatic carbocycles. The number of amides is 1. The first-order valence-electron chi connectivity index (χ1n) is 9.85. The Labute approximate surface area is 173 Å². The van der Waals surface area contributed by atoms with Crippen molar-refractivity contribution >= 4 is 15.9 Å². The topological polar surface area (TPSA) is 60.9 Å². The summed E-state index contributed by atoms with van der Waals surface area (Å²) in [5.74, 6) is 0.0361. The number of hydrogen-bond acceptors (Lipinski definition) is 4. The summed E-state index contributed by atoms with van der Waals surface area (Å²) in [7, 11) is -1.56. The Balaban J connectivity index is 1.53. The van der Waals surface area contributed by atoms with E-state index in [4.69, 9.17) is 0 Å². The van der Waals surface area contributed by atoms with Crippen LogP contribution in [0.5, 0.6) is 0 Å². The van der Waals surface area contributed by atoms with E-state index in [1.54, 1.807) is 35.2 Å². The molecule has 156 valence electrons. The maximum Gasteiger partial charge on any atom is 0.243 e. The lowest BCUT2D eigenvalue weighted by atomic mass is 10.1. The number of hydrogen-bond donors (Lipinski definition) is 0. The minimum absolute atomic E-state index is 0.0361. The molecule has 0 spiro atoms. The highest BCUT2D eigenvalue weighted by molar-refractivity contribution is 7.89. The summed E-state index contributed by atoms with van der Waals surface area (Å²) < 4.78 is 26.9. The number of aryl methyl sites for hydroxylation is 2. The Kier molecular flexibility index (Phi) is 6.72. The van der Waals surface area contributed by atoms with Crippen molar-refractivity contribution in [2.75, 3.05) is 39.8 Å². The summed E-state index contributed by atoms with van der Waals surface area (Å²) in [6, 6.07) is 14.8. The van der Waals surface area contributed by atoms with Crippen molar-refractivity contribution in [3.63, 3.8) is 0 Å². The molecule has 1 aliphatic heterocycles. The highest BCUT2D eigenvalue weighted by Gasteiger charge is 2.30. The SMILES string of the molecule is Cc1ccc(CN(C)CC(=O)N2CCN(S(=O)(=O)c3ccccc3)CC2)c(C)c1.